The normalized spacial score (nSPS) is 11.8. The molecule has 0 fully saturated rings. The van der Waals surface area contributed by atoms with Crippen molar-refractivity contribution in [2.24, 2.45) is 0 Å². The molecule has 0 aliphatic heterocycles. The fourth-order valence-electron chi connectivity index (χ4n) is 4.82. The van der Waals surface area contributed by atoms with Crippen LogP contribution in [0.15, 0.2) is 107 Å². The summed E-state index contributed by atoms with van der Waals surface area (Å²) < 4.78 is 75.1. The molecule has 0 atom stereocenters. The Hall–Kier alpha value is -4.86. The Bertz CT molecular complexity index is 2170. The topological polar surface area (TPSA) is 185 Å². The van der Waals surface area contributed by atoms with E-state index >= 15 is 0 Å². The number of benzene rings is 5. The van der Waals surface area contributed by atoms with E-state index in [-0.39, 0.29) is 24.6 Å². The Morgan fingerprint density at radius 3 is 2.06 bits per heavy atom. The number of amides is 1. The number of nitrogens with one attached hydrogen (secondary N) is 2. The highest BCUT2D eigenvalue weighted by molar-refractivity contribution is 7.86. The van der Waals surface area contributed by atoms with Crippen LogP contribution in [-0.4, -0.2) is 51.1 Å². The van der Waals surface area contributed by atoms with Gasteiger partial charge in [0.1, 0.15) is 12.4 Å². The minimum atomic E-state index is -4.75. The lowest BCUT2D eigenvalue weighted by atomic mass is 10.0. The van der Waals surface area contributed by atoms with Gasteiger partial charge in [-0.05, 0) is 94.2 Å². The molecule has 0 bridgehead atoms. The van der Waals surface area contributed by atoms with Crippen LogP contribution in [0.1, 0.15) is 27.9 Å². The predicted octanol–water partition coefficient (Wildman–Crippen LogP) is 5.11. The molecule has 0 aliphatic carbocycles. The van der Waals surface area contributed by atoms with Gasteiger partial charge in [-0.1, -0.05) is 48.5 Å². The van der Waals surface area contributed by atoms with E-state index in [1.54, 1.807) is 36.4 Å². The van der Waals surface area contributed by atoms with Crippen LogP contribution in [0.4, 0.5) is 4.79 Å². The molecule has 0 aliphatic rings. The molecule has 47 heavy (non-hydrogen) atoms. The molecule has 14 heteroatoms. The van der Waals surface area contributed by atoms with Gasteiger partial charge in [0.2, 0.25) is 0 Å². The first-order valence-corrected chi connectivity index (χ1v) is 17.2. The summed E-state index contributed by atoms with van der Waals surface area (Å²) in [5, 5.41) is 9.87. The molecule has 0 unspecified atom stereocenters. The molecule has 244 valence electrons. The first kappa shape index (κ1) is 33.5. The third-order valence-corrected chi connectivity index (χ3v) is 8.98. The van der Waals surface area contributed by atoms with Crippen LogP contribution in [0.25, 0.3) is 21.5 Å². The van der Waals surface area contributed by atoms with Gasteiger partial charge >= 0.3 is 6.16 Å². The maximum Gasteiger partial charge on any atom is 0.514 e. The number of hydrogen-bond donors (Lipinski definition) is 4. The molecular weight excluding hydrogens is 649 g/mol. The van der Waals surface area contributed by atoms with E-state index in [1.807, 2.05) is 36.4 Å². The number of carbonyl (C=O) groups is 2. The molecule has 0 saturated heterocycles. The van der Waals surface area contributed by atoms with E-state index in [2.05, 4.69) is 16.7 Å². The van der Waals surface area contributed by atoms with Gasteiger partial charge in [0.15, 0.2) is 0 Å². The van der Waals surface area contributed by atoms with Crippen molar-refractivity contribution in [3.05, 3.63) is 114 Å². The molecule has 5 aromatic carbocycles. The highest BCUT2D eigenvalue weighted by atomic mass is 32.2. The number of fused-ring (bicyclic) bond motifs is 2. The minimum absolute atomic E-state index is 0.0222. The molecule has 0 heterocycles. The second kappa shape index (κ2) is 14.3. The quantitative estimate of drug-likeness (QED) is 0.0452. The van der Waals surface area contributed by atoms with E-state index in [4.69, 9.17) is 14.0 Å². The molecule has 0 saturated carbocycles. The summed E-state index contributed by atoms with van der Waals surface area (Å²) in [4.78, 5) is 23.5. The average Bonchev–Trinajstić information content (AvgIpc) is 3.03. The smallest absolute Gasteiger partial charge is 0.429 e. The molecular formula is C33H30N2O10S2. The van der Waals surface area contributed by atoms with Crippen LogP contribution in [0.5, 0.6) is 5.75 Å². The Morgan fingerprint density at radius 2 is 1.38 bits per heavy atom. The monoisotopic (exact) mass is 678 g/mol. The van der Waals surface area contributed by atoms with Crippen LogP contribution in [0.2, 0.25) is 0 Å². The lowest BCUT2D eigenvalue weighted by molar-refractivity contribution is 0.0921. The van der Waals surface area contributed by atoms with Crippen LogP contribution >= 0.6 is 0 Å². The van der Waals surface area contributed by atoms with Crippen LogP contribution in [-0.2, 0) is 38.1 Å². The van der Waals surface area contributed by atoms with Crippen molar-refractivity contribution in [1.82, 2.24) is 10.6 Å². The summed E-state index contributed by atoms with van der Waals surface area (Å²) in [5.74, 6) is 0.0348. The Labute approximate surface area is 270 Å². The van der Waals surface area contributed by atoms with Crippen molar-refractivity contribution < 1.29 is 45.0 Å². The molecule has 5 rings (SSSR count). The van der Waals surface area contributed by atoms with Crippen LogP contribution in [0, 0.1) is 0 Å². The van der Waals surface area contributed by atoms with E-state index in [1.165, 1.54) is 6.07 Å². The van der Waals surface area contributed by atoms with Gasteiger partial charge in [-0.15, -0.1) is 0 Å². The zero-order valence-electron chi connectivity index (χ0n) is 24.8. The maximum atomic E-state index is 12.5. The second-order valence-corrected chi connectivity index (χ2v) is 13.4. The van der Waals surface area contributed by atoms with Crippen molar-refractivity contribution in [2.75, 3.05) is 13.1 Å². The van der Waals surface area contributed by atoms with Gasteiger partial charge in [0, 0.05) is 18.7 Å². The predicted molar refractivity (Wildman–Crippen MR) is 173 cm³/mol. The highest BCUT2D eigenvalue weighted by Gasteiger charge is 2.20. The molecule has 0 spiro atoms. The van der Waals surface area contributed by atoms with Crippen LogP contribution in [0.3, 0.4) is 0 Å². The van der Waals surface area contributed by atoms with Crippen molar-refractivity contribution in [3.63, 3.8) is 0 Å². The number of carbonyl (C=O) groups excluding carboxylic acids is 2. The van der Waals surface area contributed by atoms with E-state index < -0.39 is 36.2 Å². The molecule has 12 nitrogen and oxygen atoms in total. The first-order chi connectivity index (χ1) is 22.4. The van der Waals surface area contributed by atoms with E-state index in [0.717, 1.165) is 27.6 Å². The molecule has 5 aromatic rings. The standard InChI is InChI=1S/C33H30N2O10S2/c36-32(35-15-3-14-34-20-27-11-13-30(46(38,39)40)19-31(27)47(41,42)43)23-8-6-22(7-9-23)21-44-33(37)45-29-12-10-26-16-24-4-1-2-5-25(24)17-28(26)18-29/h1-2,4-13,16-19,34H,3,14-15,20-21H2,(H,35,36)(H,38,39,40)(H,41,42,43). The van der Waals surface area contributed by atoms with Gasteiger partial charge in [-0.2, -0.15) is 16.8 Å². The summed E-state index contributed by atoms with van der Waals surface area (Å²) in [5.41, 5.74) is 1.15. The van der Waals surface area contributed by atoms with Crippen molar-refractivity contribution in [3.8, 4) is 5.75 Å². The SMILES string of the molecule is O=C(OCc1ccc(C(=O)NCCCNCc2ccc(S(=O)(=O)O)cc2S(=O)(=O)O)cc1)Oc1ccc2cc3ccccc3cc2c1. The zero-order chi connectivity index (χ0) is 33.6. The average molecular weight is 679 g/mol. The molecule has 1 amide bonds. The summed E-state index contributed by atoms with van der Waals surface area (Å²) >= 11 is 0. The fraction of sp³-hybridized carbons (Fsp3) is 0.152. The summed E-state index contributed by atoms with van der Waals surface area (Å²) in [6.07, 6.45) is -0.386. The first-order valence-electron chi connectivity index (χ1n) is 14.3. The summed E-state index contributed by atoms with van der Waals surface area (Å²) in [6.45, 7) is 0.572. The molecule has 0 radical (unpaired) electrons. The lowest BCUT2D eigenvalue weighted by Crippen LogP contribution is -2.27. The highest BCUT2D eigenvalue weighted by Crippen LogP contribution is 2.26. The van der Waals surface area contributed by atoms with Gasteiger partial charge in [0.05, 0.1) is 9.79 Å². The number of ether oxygens (including phenoxy) is 2. The van der Waals surface area contributed by atoms with E-state index in [0.29, 0.717) is 42.5 Å². The Morgan fingerprint density at radius 1 is 0.702 bits per heavy atom. The molecule has 4 N–H and O–H groups in total. The fourth-order valence-corrected chi connectivity index (χ4v) is 6.15. The zero-order valence-corrected chi connectivity index (χ0v) is 26.4. The summed E-state index contributed by atoms with van der Waals surface area (Å²) in [6, 6.07) is 26.8. The largest absolute Gasteiger partial charge is 0.514 e. The number of rotatable bonds is 12. The third-order valence-electron chi connectivity index (χ3n) is 7.20. The van der Waals surface area contributed by atoms with Gasteiger partial charge < -0.3 is 20.1 Å². The maximum absolute atomic E-state index is 12.5. The number of hydrogen-bond acceptors (Lipinski definition) is 9. The van der Waals surface area contributed by atoms with Gasteiger partial charge in [-0.3, -0.25) is 13.9 Å². The van der Waals surface area contributed by atoms with Crippen molar-refractivity contribution in [2.45, 2.75) is 29.4 Å². The lowest BCUT2D eigenvalue weighted by Gasteiger charge is -2.11. The third kappa shape index (κ3) is 8.90. The second-order valence-electron chi connectivity index (χ2n) is 10.6. The molecule has 0 aromatic heterocycles. The van der Waals surface area contributed by atoms with Gasteiger partial charge in [0.25, 0.3) is 26.1 Å². The summed E-state index contributed by atoms with van der Waals surface area (Å²) in [7, 11) is -9.40. The minimum Gasteiger partial charge on any atom is -0.429 e. The Kier molecular flexibility index (Phi) is 10.2. The van der Waals surface area contributed by atoms with Crippen molar-refractivity contribution in [1.29, 1.82) is 0 Å². The van der Waals surface area contributed by atoms with Crippen molar-refractivity contribution >= 4 is 53.8 Å². The van der Waals surface area contributed by atoms with E-state index in [9.17, 15) is 31.0 Å². The Balaban J connectivity index is 1.04. The van der Waals surface area contributed by atoms with Gasteiger partial charge in [-0.25, -0.2) is 4.79 Å². The van der Waals surface area contributed by atoms with Crippen LogP contribution < -0.4 is 15.4 Å².